The average molecular weight is 272 g/mol. The topological polar surface area (TPSA) is 24.9 Å². The molecular formula is C12H11F3N2S. The molecule has 6 heteroatoms. The zero-order chi connectivity index (χ0) is 13.0. The van der Waals surface area contributed by atoms with E-state index in [4.69, 9.17) is 0 Å². The van der Waals surface area contributed by atoms with Crippen LogP contribution in [0.4, 0.5) is 13.2 Å². The van der Waals surface area contributed by atoms with Crippen LogP contribution in [-0.2, 0) is 19.3 Å². The Morgan fingerprint density at radius 3 is 2.39 bits per heavy atom. The van der Waals surface area contributed by atoms with E-state index in [9.17, 15) is 13.2 Å². The highest BCUT2D eigenvalue weighted by Crippen LogP contribution is 2.29. The van der Waals surface area contributed by atoms with Gasteiger partial charge in [0.05, 0.1) is 5.56 Å². The van der Waals surface area contributed by atoms with Gasteiger partial charge in [-0.15, -0.1) is 11.3 Å². The maximum absolute atomic E-state index is 12.3. The lowest BCUT2D eigenvalue weighted by Gasteiger charge is -2.08. The maximum Gasteiger partial charge on any atom is 0.416 e. The zero-order valence-electron chi connectivity index (χ0n) is 9.37. The first-order valence-corrected chi connectivity index (χ1v) is 6.19. The Balaban J connectivity index is 1.87. The van der Waals surface area contributed by atoms with Gasteiger partial charge in [-0.2, -0.15) is 13.2 Å². The molecule has 0 aliphatic carbocycles. The molecule has 18 heavy (non-hydrogen) atoms. The molecule has 0 radical (unpaired) electrons. The lowest BCUT2D eigenvalue weighted by Crippen LogP contribution is -2.12. The maximum atomic E-state index is 12.3. The molecule has 0 unspecified atom stereocenters. The van der Waals surface area contributed by atoms with E-state index >= 15 is 0 Å². The molecule has 1 aromatic heterocycles. The smallest absolute Gasteiger partial charge is 0.306 e. The number of benzene rings is 1. The third-order valence-corrected chi connectivity index (χ3v) is 3.15. The second-order valence-corrected chi connectivity index (χ2v) is 4.70. The van der Waals surface area contributed by atoms with Crippen molar-refractivity contribution in [2.45, 2.75) is 19.3 Å². The van der Waals surface area contributed by atoms with Crippen LogP contribution in [0.3, 0.4) is 0 Å². The predicted molar refractivity (Wildman–Crippen MR) is 64.1 cm³/mol. The van der Waals surface area contributed by atoms with Gasteiger partial charge in [0.2, 0.25) is 0 Å². The van der Waals surface area contributed by atoms with Gasteiger partial charge in [0.25, 0.3) is 0 Å². The fourth-order valence-electron chi connectivity index (χ4n) is 1.47. The first-order chi connectivity index (χ1) is 8.55. The molecule has 0 aliphatic rings. The van der Waals surface area contributed by atoms with Gasteiger partial charge in [-0.3, -0.25) is 0 Å². The first kappa shape index (κ1) is 13.0. The molecule has 0 aliphatic heterocycles. The number of nitrogens with zero attached hydrogens (tertiary/aromatic N) is 1. The van der Waals surface area contributed by atoms with Gasteiger partial charge in [-0.1, -0.05) is 12.1 Å². The van der Waals surface area contributed by atoms with E-state index in [0.29, 0.717) is 13.1 Å². The van der Waals surface area contributed by atoms with E-state index in [1.807, 2.05) is 5.38 Å². The molecule has 0 fully saturated rings. The van der Waals surface area contributed by atoms with Crippen molar-refractivity contribution in [1.29, 1.82) is 0 Å². The monoisotopic (exact) mass is 272 g/mol. The SMILES string of the molecule is FC(F)(F)c1ccc(CNCc2nccs2)cc1. The van der Waals surface area contributed by atoms with Crippen LogP contribution in [0.1, 0.15) is 16.1 Å². The molecule has 2 nitrogen and oxygen atoms in total. The molecule has 0 atom stereocenters. The Morgan fingerprint density at radius 2 is 1.83 bits per heavy atom. The van der Waals surface area contributed by atoms with Crippen molar-refractivity contribution >= 4 is 11.3 Å². The van der Waals surface area contributed by atoms with E-state index in [2.05, 4.69) is 10.3 Å². The Labute approximate surface area is 106 Å². The van der Waals surface area contributed by atoms with E-state index in [1.165, 1.54) is 12.1 Å². The van der Waals surface area contributed by atoms with Crippen LogP contribution in [-0.4, -0.2) is 4.98 Å². The predicted octanol–water partition coefficient (Wildman–Crippen LogP) is 3.45. The molecule has 96 valence electrons. The number of halogens is 3. The number of nitrogens with one attached hydrogen (secondary N) is 1. The van der Waals surface area contributed by atoms with Crippen molar-refractivity contribution in [3.63, 3.8) is 0 Å². The number of rotatable bonds is 4. The highest BCUT2D eigenvalue weighted by atomic mass is 32.1. The van der Waals surface area contributed by atoms with Crippen molar-refractivity contribution in [3.05, 3.63) is 52.0 Å². The molecular weight excluding hydrogens is 261 g/mol. The van der Waals surface area contributed by atoms with Gasteiger partial charge in [0, 0.05) is 24.7 Å². The van der Waals surface area contributed by atoms with Crippen molar-refractivity contribution < 1.29 is 13.2 Å². The quantitative estimate of drug-likeness (QED) is 0.922. The minimum atomic E-state index is -4.27. The number of hydrogen-bond acceptors (Lipinski definition) is 3. The van der Waals surface area contributed by atoms with E-state index < -0.39 is 11.7 Å². The van der Waals surface area contributed by atoms with E-state index in [-0.39, 0.29) is 0 Å². The average Bonchev–Trinajstić information content (AvgIpc) is 2.82. The van der Waals surface area contributed by atoms with Crippen LogP contribution < -0.4 is 5.32 Å². The van der Waals surface area contributed by atoms with Crippen LogP contribution in [0, 0.1) is 0 Å². The molecule has 2 aromatic rings. The number of hydrogen-bond donors (Lipinski definition) is 1. The van der Waals surface area contributed by atoms with Gasteiger partial charge < -0.3 is 5.32 Å². The summed E-state index contributed by atoms with van der Waals surface area (Å²) in [7, 11) is 0. The summed E-state index contributed by atoms with van der Waals surface area (Å²) in [6.45, 7) is 1.15. The molecule has 1 heterocycles. The second-order valence-electron chi connectivity index (χ2n) is 3.72. The van der Waals surface area contributed by atoms with Gasteiger partial charge in [0.15, 0.2) is 0 Å². The normalized spacial score (nSPS) is 11.7. The fraction of sp³-hybridized carbons (Fsp3) is 0.250. The number of aromatic nitrogens is 1. The zero-order valence-corrected chi connectivity index (χ0v) is 10.2. The highest BCUT2D eigenvalue weighted by Gasteiger charge is 2.29. The number of alkyl halides is 3. The standard InChI is InChI=1S/C12H11F3N2S/c13-12(14,15)10-3-1-9(2-4-10)7-16-8-11-17-5-6-18-11/h1-6,16H,7-8H2. The summed E-state index contributed by atoms with van der Waals surface area (Å²) in [4.78, 5) is 4.10. The van der Waals surface area contributed by atoms with E-state index in [1.54, 1.807) is 17.5 Å². The summed E-state index contributed by atoms with van der Waals surface area (Å²) in [6, 6.07) is 5.16. The highest BCUT2D eigenvalue weighted by molar-refractivity contribution is 7.09. The van der Waals surface area contributed by atoms with Crippen LogP contribution in [0.25, 0.3) is 0 Å². The Hall–Kier alpha value is -1.40. The lowest BCUT2D eigenvalue weighted by molar-refractivity contribution is -0.137. The molecule has 2 rings (SSSR count). The molecule has 0 bridgehead atoms. The first-order valence-electron chi connectivity index (χ1n) is 5.31. The minimum absolute atomic E-state index is 0.526. The summed E-state index contributed by atoms with van der Waals surface area (Å²) in [5, 5.41) is 5.97. The van der Waals surface area contributed by atoms with Crippen molar-refractivity contribution in [1.82, 2.24) is 10.3 Å². The van der Waals surface area contributed by atoms with Crippen LogP contribution in [0.5, 0.6) is 0 Å². The summed E-state index contributed by atoms with van der Waals surface area (Å²) in [5.41, 5.74) is 0.200. The Kier molecular flexibility index (Phi) is 3.98. The second kappa shape index (κ2) is 5.49. The van der Waals surface area contributed by atoms with Crippen LogP contribution in [0.15, 0.2) is 35.8 Å². The van der Waals surface area contributed by atoms with Gasteiger partial charge in [-0.25, -0.2) is 4.98 Å². The minimum Gasteiger partial charge on any atom is -0.306 e. The third kappa shape index (κ3) is 3.54. The van der Waals surface area contributed by atoms with E-state index in [0.717, 1.165) is 22.7 Å². The number of thiazole rings is 1. The van der Waals surface area contributed by atoms with Crippen LogP contribution >= 0.6 is 11.3 Å². The van der Waals surface area contributed by atoms with Crippen LogP contribution in [0.2, 0.25) is 0 Å². The van der Waals surface area contributed by atoms with Gasteiger partial charge in [-0.05, 0) is 17.7 Å². The van der Waals surface area contributed by atoms with Crippen molar-refractivity contribution in [3.8, 4) is 0 Å². The van der Waals surface area contributed by atoms with Gasteiger partial charge >= 0.3 is 6.18 Å². The fourth-order valence-corrected chi connectivity index (χ4v) is 2.05. The molecule has 1 N–H and O–H groups in total. The largest absolute Gasteiger partial charge is 0.416 e. The molecule has 0 amide bonds. The Bertz CT molecular complexity index is 477. The van der Waals surface area contributed by atoms with Gasteiger partial charge in [0.1, 0.15) is 5.01 Å². The van der Waals surface area contributed by atoms with Crippen molar-refractivity contribution in [2.75, 3.05) is 0 Å². The summed E-state index contributed by atoms with van der Waals surface area (Å²) in [5.74, 6) is 0. The lowest BCUT2D eigenvalue weighted by atomic mass is 10.1. The summed E-state index contributed by atoms with van der Waals surface area (Å²) < 4.78 is 37.0. The Morgan fingerprint density at radius 1 is 1.11 bits per heavy atom. The summed E-state index contributed by atoms with van der Waals surface area (Å²) in [6.07, 6.45) is -2.55. The molecule has 1 aromatic carbocycles. The molecule has 0 saturated heterocycles. The third-order valence-electron chi connectivity index (χ3n) is 2.37. The molecule has 0 saturated carbocycles. The molecule has 0 spiro atoms. The summed E-state index contributed by atoms with van der Waals surface area (Å²) >= 11 is 1.54. The van der Waals surface area contributed by atoms with Crippen molar-refractivity contribution in [2.24, 2.45) is 0 Å².